The van der Waals surface area contributed by atoms with Gasteiger partial charge in [-0.2, -0.15) is 0 Å². The van der Waals surface area contributed by atoms with Crippen molar-refractivity contribution in [2.24, 2.45) is 4.99 Å². The van der Waals surface area contributed by atoms with Crippen LogP contribution in [0.3, 0.4) is 0 Å². The van der Waals surface area contributed by atoms with Crippen LogP contribution in [-0.2, 0) is 16.1 Å². The Labute approximate surface area is 189 Å². The number of ether oxygens (including phenoxy) is 2. The number of hydrogen-bond donors (Lipinski definition) is 0. The maximum absolute atomic E-state index is 14.1. The highest BCUT2D eigenvalue weighted by molar-refractivity contribution is 8.16. The van der Waals surface area contributed by atoms with Gasteiger partial charge in [0.05, 0.1) is 28.9 Å². The molecule has 0 spiro atoms. The van der Waals surface area contributed by atoms with Crippen molar-refractivity contribution >= 4 is 34.5 Å². The van der Waals surface area contributed by atoms with Gasteiger partial charge in [0, 0.05) is 11.8 Å². The standard InChI is InChI=1S/C23H20ClFN2O3S/c1-3-29-22(28)20-14(2)26-23-27(10-11-31-23)21(20)15-6-4-7-16(12-15)30-13-17-18(24)8-5-9-19(17)25/h4-12,21H,3,13H2,1-2H3. The number of thioether (sulfide) groups is 1. The van der Waals surface area contributed by atoms with Crippen molar-refractivity contribution in [3.8, 4) is 5.75 Å². The molecule has 5 nitrogen and oxygen atoms in total. The maximum atomic E-state index is 14.1. The van der Waals surface area contributed by atoms with Crippen molar-refractivity contribution in [2.45, 2.75) is 26.5 Å². The van der Waals surface area contributed by atoms with Crippen molar-refractivity contribution in [2.75, 3.05) is 6.61 Å². The quantitative estimate of drug-likeness (QED) is 0.510. The van der Waals surface area contributed by atoms with Crippen LogP contribution >= 0.6 is 23.4 Å². The summed E-state index contributed by atoms with van der Waals surface area (Å²) in [5.74, 6) is -0.278. The lowest BCUT2D eigenvalue weighted by Gasteiger charge is -2.33. The van der Waals surface area contributed by atoms with E-state index in [1.165, 1.54) is 17.8 Å². The first-order valence-electron chi connectivity index (χ1n) is 9.73. The number of aliphatic imine (C=N–C) groups is 1. The molecule has 0 fully saturated rings. The Morgan fingerprint density at radius 3 is 2.87 bits per heavy atom. The minimum Gasteiger partial charge on any atom is -0.489 e. The average Bonchev–Trinajstić information content (AvgIpc) is 3.20. The Hall–Kier alpha value is -2.77. The van der Waals surface area contributed by atoms with Crippen molar-refractivity contribution < 1.29 is 18.7 Å². The number of halogens is 2. The molecule has 2 aliphatic rings. The molecule has 31 heavy (non-hydrogen) atoms. The van der Waals surface area contributed by atoms with Gasteiger partial charge in [-0.1, -0.05) is 41.6 Å². The van der Waals surface area contributed by atoms with Gasteiger partial charge in [-0.25, -0.2) is 14.2 Å². The lowest BCUT2D eigenvalue weighted by atomic mass is 9.94. The number of rotatable bonds is 6. The number of nitrogens with zero attached hydrogens (tertiary/aromatic N) is 2. The Morgan fingerprint density at radius 1 is 1.29 bits per heavy atom. The van der Waals surface area contributed by atoms with Crippen molar-refractivity contribution in [3.05, 3.63) is 87.3 Å². The number of benzene rings is 2. The zero-order chi connectivity index (χ0) is 22.0. The lowest BCUT2D eigenvalue weighted by molar-refractivity contribution is -0.139. The summed E-state index contributed by atoms with van der Waals surface area (Å²) in [5, 5.41) is 3.03. The zero-order valence-corrected chi connectivity index (χ0v) is 18.5. The largest absolute Gasteiger partial charge is 0.489 e. The van der Waals surface area contributed by atoms with E-state index in [0.29, 0.717) is 27.6 Å². The molecule has 2 aromatic rings. The molecular formula is C23H20ClFN2O3S. The van der Waals surface area contributed by atoms with Gasteiger partial charge in [-0.05, 0) is 49.1 Å². The summed E-state index contributed by atoms with van der Waals surface area (Å²) in [6.07, 6.45) is 1.90. The molecular weight excluding hydrogens is 439 g/mol. The molecule has 0 amide bonds. The third-order valence-corrected chi connectivity index (χ3v) is 6.06. The first-order valence-corrected chi connectivity index (χ1v) is 11.0. The molecule has 2 aromatic carbocycles. The van der Waals surface area contributed by atoms with E-state index in [4.69, 9.17) is 21.1 Å². The van der Waals surface area contributed by atoms with E-state index >= 15 is 0 Å². The van der Waals surface area contributed by atoms with E-state index in [0.717, 1.165) is 10.7 Å². The fourth-order valence-corrected chi connectivity index (χ4v) is 4.51. The highest BCUT2D eigenvalue weighted by atomic mass is 35.5. The van der Waals surface area contributed by atoms with Crippen LogP contribution in [0.2, 0.25) is 5.02 Å². The molecule has 0 N–H and O–H groups in total. The Kier molecular flexibility index (Phi) is 6.34. The fraction of sp³-hybridized carbons (Fsp3) is 0.217. The SMILES string of the molecule is CCOC(=O)C1=C(C)N=C2SC=CN2C1c1cccc(OCc2c(F)cccc2Cl)c1. The highest BCUT2D eigenvalue weighted by Crippen LogP contribution is 2.41. The van der Waals surface area contributed by atoms with Gasteiger partial charge >= 0.3 is 5.97 Å². The minimum absolute atomic E-state index is 0.00853. The number of hydrogen-bond acceptors (Lipinski definition) is 6. The predicted molar refractivity (Wildman–Crippen MR) is 120 cm³/mol. The van der Waals surface area contributed by atoms with E-state index in [-0.39, 0.29) is 13.2 Å². The second kappa shape index (κ2) is 9.16. The number of carbonyl (C=O) groups excluding carboxylic acids is 1. The average molecular weight is 459 g/mol. The van der Waals surface area contributed by atoms with Crippen LogP contribution in [0.25, 0.3) is 0 Å². The van der Waals surface area contributed by atoms with Gasteiger partial charge in [0.25, 0.3) is 0 Å². The molecule has 0 bridgehead atoms. The van der Waals surface area contributed by atoms with E-state index in [9.17, 15) is 9.18 Å². The second-order valence-electron chi connectivity index (χ2n) is 6.89. The summed E-state index contributed by atoms with van der Waals surface area (Å²) in [7, 11) is 0. The van der Waals surface area contributed by atoms with Crippen molar-refractivity contribution in [1.82, 2.24) is 4.90 Å². The first-order chi connectivity index (χ1) is 15.0. The number of amidine groups is 1. The zero-order valence-electron chi connectivity index (χ0n) is 17.0. The Bertz CT molecular complexity index is 1100. The summed E-state index contributed by atoms with van der Waals surface area (Å²) in [5.41, 5.74) is 2.23. The smallest absolute Gasteiger partial charge is 0.338 e. The van der Waals surface area contributed by atoms with E-state index in [2.05, 4.69) is 4.99 Å². The third kappa shape index (κ3) is 4.34. The topological polar surface area (TPSA) is 51.1 Å². The maximum Gasteiger partial charge on any atom is 0.338 e. The molecule has 160 valence electrons. The van der Waals surface area contributed by atoms with Crippen LogP contribution in [0.15, 0.2) is 70.3 Å². The molecule has 2 heterocycles. The van der Waals surface area contributed by atoms with Crippen LogP contribution in [0.1, 0.15) is 31.0 Å². The molecule has 0 aliphatic carbocycles. The van der Waals surface area contributed by atoms with Gasteiger partial charge < -0.3 is 14.4 Å². The van der Waals surface area contributed by atoms with E-state index in [1.54, 1.807) is 25.1 Å². The van der Waals surface area contributed by atoms with Crippen LogP contribution in [0, 0.1) is 5.82 Å². The normalized spacial score (nSPS) is 17.5. The second-order valence-corrected chi connectivity index (χ2v) is 8.17. The van der Waals surface area contributed by atoms with E-state index < -0.39 is 17.8 Å². The number of fused-ring (bicyclic) bond motifs is 1. The highest BCUT2D eigenvalue weighted by Gasteiger charge is 2.37. The number of carbonyl (C=O) groups is 1. The van der Waals surface area contributed by atoms with Crippen LogP contribution in [-0.4, -0.2) is 22.6 Å². The lowest BCUT2D eigenvalue weighted by Crippen LogP contribution is -2.34. The number of allylic oxidation sites excluding steroid dienone is 1. The summed E-state index contributed by atoms with van der Waals surface area (Å²) < 4.78 is 25.2. The third-order valence-electron chi connectivity index (χ3n) is 4.93. The number of esters is 1. The molecule has 8 heteroatoms. The molecule has 1 unspecified atom stereocenters. The molecule has 4 rings (SSSR count). The predicted octanol–water partition coefficient (Wildman–Crippen LogP) is 5.83. The monoisotopic (exact) mass is 458 g/mol. The van der Waals surface area contributed by atoms with Crippen molar-refractivity contribution in [1.29, 1.82) is 0 Å². The molecule has 0 saturated heterocycles. The van der Waals surface area contributed by atoms with Crippen LogP contribution in [0.5, 0.6) is 5.75 Å². The Balaban J connectivity index is 1.65. The molecule has 1 atom stereocenters. The van der Waals surface area contributed by atoms with Crippen LogP contribution in [0.4, 0.5) is 4.39 Å². The van der Waals surface area contributed by atoms with Crippen molar-refractivity contribution in [3.63, 3.8) is 0 Å². The summed E-state index contributed by atoms with van der Waals surface area (Å²) in [6.45, 7) is 3.85. The molecule has 0 aromatic heterocycles. The molecule has 0 radical (unpaired) electrons. The van der Waals surface area contributed by atoms with Gasteiger partial charge in [-0.3, -0.25) is 0 Å². The molecule has 2 aliphatic heterocycles. The van der Waals surface area contributed by atoms with Gasteiger partial charge in [0.15, 0.2) is 5.17 Å². The van der Waals surface area contributed by atoms with E-state index in [1.807, 2.05) is 41.6 Å². The Morgan fingerprint density at radius 2 is 2.10 bits per heavy atom. The van der Waals surface area contributed by atoms with Gasteiger partial charge in [-0.15, -0.1) is 0 Å². The fourth-order valence-electron chi connectivity index (χ4n) is 3.50. The summed E-state index contributed by atoms with van der Waals surface area (Å²) >= 11 is 7.59. The first kappa shape index (κ1) is 21.5. The van der Waals surface area contributed by atoms with Gasteiger partial charge in [0.1, 0.15) is 18.2 Å². The van der Waals surface area contributed by atoms with Crippen LogP contribution < -0.4 is 4.74 Å². The summed E-state index contributed by atoms with van der Waals surface area (Å²) in [4.78, 5) is 19.3. The van der Waals surface area contributed by atoms with Gasteiger partial charge in [0.2, 0.25) is 0 Å². The summed E-state index contributed by atoms with van der Waals surface area (Å²) in [6, 6.07) is 11.5. The molecule has 0 saturated carbocycles. The minimum atomic E-state index is -0.417.